The van der Waals surface area contributed by atoms with E-state index in [1.54, 1.807) is 0 Å². The van der Waals surface area contributed by atoms with Crippen molar-refractivity contribution in [3.05, 3.63) is 28.8 Å². The molecule has 1 atom stereocenters. The van der Waals surface area contributed by atoms with E-state index in [1.165, 1.54) is 28.8 Å². The van der Waals surface area contributed by atoms with Crippen LogP contribution in [0.25, 0.3) is 0 Å². The number of nitrogens with one attached hydrogen (secondary N) is 1. The highest BCUT2D eigenvalue weighted by Gasteiger charge is 2.31. The molecule has 94 valence electrons. The molecule has 1 aromatic rings. The summed E-state index contributed by atoms with van der Waals surface area (Å²) in [4.78, 5) is 0. The summed E-state index contributed by atoms with van der Waals surface area (Å²) in [6.45, 7) is 13.8. The Bertz CT molecular complexity index is 429. The topological polar surface area (TPSA) is 12.0 Å². The molecule has 1 heteroatoms. The maximum atomic E-state index is 3.76. The number of benzene rings is 1. The molecule has 0 spiro atoms. The molecule has 1 nitrogen and oxygen atoms in total. The lowest BCUT2D eigenvalue weighted by atomic mass is 9.78. The van der Waals surface area contributed by atoms with Crippen LogP contribution in [0.15, 0.2) is 12.1 Å². The van der Waals surface area contributed by atoms with Crippen molar-refractivity contribution < 1.29 is 0 Å². The maximum Gasteiger partial charge on any atom is 0.0417 e. The van der Waals surface area contributed by atoms with Gasteiger partial charge in [0.1, 0.15) is 0 Å². The SMILES string of the molecule is Cc1ccc2c(c1C(C)C)NC(C)(C)CC2C. The van der Waals surface area contributed by atoms with Crippen molar-refractivity contribution in [2.24, 2.45) is 0 Å². The summed E-state index contributed by atoms with van der Waals surface area (Å²) < 4.78 is 0. The van der Waals surface area contributed by atoms with Gasteiger partial charge in [0, 0.05) is 11.2 Å². The molecule has 1 heterocycles. The predicted octanol–water partition coefficient (Wildman–Crippen LogP) is 4.82. The number of anilines is 1. The van der Waals surface area contributed by atoms with E-state index in [2.05, 4.69) is 59.0 Å². The Morgan fingerprint density at radius 3 is 2.53 bits per heavy atom. The molecular formula is C16H25N. The van der Waals surface area contributed by atoms with Crippen LogP contribution in [-0.2, 0) is 0 Å². The first-order valence-corrected chi connectivity index (χ1v) is 6.73. The van der Waals surface area contributed by atoms with Gasteiger partial charge in [-0.1, -0.05) is 32.9 Å². The van der Waals surface area contributed by atoms with Gasteiger partial charge in [0.15, 0.2) is 0 Å². The summed E-state index contributed by atoms with van der Waals surface area (Å²) in [5.41, 5.74) is 6.03. The third-order valence-electron chi connectivity index (χ3n) is 3.88. The Balaban J connectivity index is 2.61. The molecule has 0 bridgehead atoms. The van der Waals surface area contributed by atoms with Crippen molar-refractivity contribution in [2.75, 3.05) is 5.32 Å². The van der Waals surface area contributed by atoms with Crippen LogP contribution in [0.2, 0.25) is 0 Å². The maximum absolute atomic E-state index is 3.76. The molecule has 0 saturated carbocycles. The molecule has 1 aliphatic heterocycles. The van der Waals surface area contributed by atoms with Gasteiger partial charge in [-0.05, 0) is 55.7 Å². The minimum absolute atomic E-state index is 0.212. The molecule has 1 unspecified atom stereocenters. The second-order valence-electron chi connectivity index (χ2n) is 6.53. The van der Waals surface area contributed by atoms with Gasteiger partial charge >= 0.3 is 0 Å². The van der Waals surface area contributed by atoms with E-state index < -0.39 is 0 Å². The summed E-state index contributed by atoms with van der Waals surface area (Å²) >= 11 is 0. The lowest BCUT2D eigenvalue weighted by molar-refractivity contribution is 0.452. The quantitative estimate of drug-likeness (QED) is 0.731. The van der Waals surface area contributed by atoms with E-state index in [0.717, 1.165) is 0 Å². The van der Waals surface area contributed by atoms with Gasteiger partial charge in [0.2, 0.25) is 0 Å². The zero-order valence-corrected chi connectivity index (χ0v) is 12.0. The van der Waals surface area contributed by atoms with Crippen molar-refractivity contribution in [3.63, 3.8) is 0 Å². The van der Waals surface area contributed by atoms with Crippen LogP contribution in [0.1, 0.15) is 69.6 Å². The Morgan fingerprint density at radius 1 is 1.29 bits per heavy atom. The van der Waals surface area contributed by atoms with Crippen molar-refractivity contribution in [3.8, 4) is 0 Å². The first-order valence-electron chi connectivity index (χ1n) is 6.73. The van der Waals surface area contributed by atoms with E-state index in [4.69, 9.17) is 0 Å². The molecule has 17 heavy (non-hydrogen) atoms. The van der Waals surface area contributed by atoms with E-state index >= 15 is 0 Å². The van der Waals surface area contributed by atoms with E-state index in [9.17, 15) is 0 Å². The molecular weight excluding hydrogens is 206 g/mol. The zero-order valence-electron chi connectivity index (χ0n) is 12.0. The Kier molecular flexibility index (Phi) is 2.97. The van der Waals surface area contributed by atoms with Gasteiger partial charge in [-0.3, -0.25) is 0 Å². The van der Waals surface area contributed by atoms with Gasteiger partial charge in [0.25, 0.3) is 0 Å². The zero-order chi connectivity index (χ0) is 12.8. The van der Waals surface area contributed by atoms with Crippen LogP contribution >= 0.6 is 0 Å². The summed E-state index contributed by atoms with van der Waals surface area (Å²) in [7, 11) is 0. The van der Waals surface area contributed by atoms with Crippen molar-refractivity contribution >= 4 is 5.69 Å². The molecule has 0 aliphatic carbocycles. The summed E-state index contributed by atoms with van der Waals surface area (Å²) in [5, 5.41) is 3.76. The van der Waals surface area contributed by atoms with Crippen LogP contribution in [0.3, 0.4) is 0 Å². The number of hydrogen-bond acceptors (Lipinski definition) is 1. The average Bonchev–Trinajstić information content (AvgIpc) is 2.13. The van der Waals surface area contributed by atoms with Crippen LogP contribution in [0.4, 0.5) is 5.69 Å². The van der Waals surface area contributed by atoms with Crippen molar-refractivity contribution in [1.82, 2.24) is 0 Å². The molecule has 0 aromatic heterocycles. The van der Waals surface area contributed by atoms with E-state index in [1.807, 2.05) is 0 Å². The van der Waals surface area contributed by atoms with Gasteiger partial charge in [-0.2, -0.15) is 0 Å². The standard InChI is InChI=1S/C16H25N/c1-10(2)14-11(3)7-8-13-12(4)9-16(5,6)17-15(13)14/h7-8,10,12,17H,9H2,1-6H3. The fourth-order valence-electron chi connectivity index (χ4n) is 3.30. The lowest BCUT2D eigenvalue weighted by Crippen LogP contribution is -2.37. The van der Waals surface area contributed by atoms with Crippen LogP contribution in [-0.4, -0.2) is 5.54 Å². The van der Waals surface area contributed by atoms with Gasteiger partial charge in [-0.15, -0.1) is 0 Å². The normalized spacial score (nSPS) is 22.2. The second kappa shape index (κ2) is 4.04. The second-order valence-corrected chi connectivity index (χ2v) is 6.53. The van der Waals surface area contributed by atoms with Crippen LogP contribution < -0.4 is 5.32 Å². The number of aryl methyl sites for hydroxylation is 1. The Labute approximate surface area is 106 Å². The first kappa shape index (κ1) is 12.5. The molecule has 2 rings (SSSR count). The van der Waals surface area contributed by atoms with Crippen molar-refractivity contribution in [1.29, 1.82) is 0 Å². The lowest BCUT2D eigenvalue weighted by Gasteiger charge is -2.39. The predicted molar refractivity (Wildman–Crippen MR) is 76.0 cm³/mol. The van der Waals surface area contributed by atoms with Crippen LogP contribution in [0.5, 0.6) is 0 Å². The minimum Gasteiger partial charge on any atom is -0.380 e. The first-order chi connectivity index (χ1) is 7.82. The highest BCUT2D eigenvalue weighted by atomic mass is 15.0. The van der Waals surface area contributed by atoms with E-state index in [0.29, 0.717) is 11.8 Å². The van der Waals surface area contributed by atoms with Gasteiger partial charge in [-0.25, -0.2) is 0 Å². The smallest absolute Gasteiger partial charge is 0.0417 e. The highest BCUT2D eigenvalue weighted by molar-refractivity contribution is 5.65. The molecule has 1 aliphatic rings. The number of fused-ring (bicyclic) bond motifs is 1. The van der Waals surface area contributed by atoms with Crippen LogP contribution in [0, 0.1) is 6.92 Å². The molecule has 0 radical (unpaired) electrons. The highest BCUT2D eigenvalue weighted by Crippen LogP contribution is 2.43. The van der Waals surface area contributed by atoms with E-state index in [-0.39, 0.29) is 5.54 Å². The Hall–Kier alpha value is -0.980. The molecule has 0 fully saturated rings. The van der Waals surface area contributed by atoms with Gasteiger partial charge < -0.3 is 5.32 Å². The third kappa shape index (κ3) is 2.20. The molecule has 0 saturated heterocycles. The van der Waals surface area contributed by atoms with Crippen molar-refractivity contribution in [2.45, 2.75) is 65.3 Å². The summed E-state index contributed by atoms with van der Waals surface area (Å²) in [6.07, 6.45) is 1.21. The average molecular weight is 231 g/mol. The molecule has 1 N–H and O–H groups in total. The molecule has 1 aromatic carbocycles. The minimum atomic E-state index is 0.212. The third-order valence-corrected chi connectivity index (χ3v) is 3.88. The summed E-state index contributed by atoms with van der Waals surface area (Å²) in [5.74, 6) is 1.23. The summed E-state index contributed by atoms with van der Waals surface area (Å²) in [6, 6.07) is 4.59. The fraction of sp³-hybridized carbons (Fsp3) is 0.625. The Morgan fingerprint density at radius 2 is 1.94 bits per heavy atom. The monoisotopic (exact) mass is 231 g/mol. The fourth-order valence-corrected chi connectivity index (χ4v) is 3.30. The largest absolute Gasteiger partial charge is 0.380 e. The van der Waals surface area contributed by atoms with Gasteiger partial charge in [0.05, 0.1) is 0 Å². The molecule has 0 amide bonds. The number of hydrogen-bond donors (Lipinski definition) is 1. The number of rotatable bonds is 1.